The molecular weight excluding hydrogens is 359 g/mol. The predicted molar refractivity (Wildman–Crippen MR) is 91.8 cm³/mol. The van der Waals surface area contributed by atoms with Crippen LogP contribution in [-0.4, -0.2) is 42.4 Å². The summed E-state index contributed by atoms with van der Waals surface area (Å²) in [7, 11) is 2.04. The first kappa shape index (κ1) is 16.1. The summed E-state index contributed by atoms with van der Waals surface area (Å²) < 4.78 is 13.9. The van der Waals surface area contributed by atoms with Crippen molar-refractivity contribution in [3.63, 3.8) is 0 Å². The SMILES string of the molecule is CN1CCN(C(=O)c2ccccc2Br)CC1c1ccc(F)cc1. The minimum atomic E-state index is -0.242. The molecule has 120 valence electrons. The van der Waals surface area contributed by atoms with Crippen molar-refractivity contribution >= 4 is 21.8 Å². The molecule has 1 saturated heterocycles. The van der Waals surface area contributed by atoms with Gasteiger partial charge in [0.15, 0.2) is 0 Å². The zero-order valence-electron chi connectivity index (χ0n) is 12.9. The van der Waals surface area contributed by atoms with Crippen molar-refractivity contribution in [3.05, 3.63) is 69.9 Å². The fraction of sp³-hybridized carbons (Fsp3) is 0.278. The molecule has 1 aliphatic heterocycles. The minimum Gasteiger partial charge on any atom is -0.335 e. The van der Waals surface area contributed by atoms with Crippen LogP contribution in [-0.2, 0) is 0 Å². The molecule has 23 heavy (non-hydrogen) atoms. The third-order valence-corrected chi connectivity index (χ3v) is 4.99. The highest BCUT2D eigenvalue weighted by Crippen LogP contribution is 2.26. The fourth-order valence-corrected chi connectivity index (χ4v) is 3.36. The number of hydrogen-bond acceptors (Lipinski definition) is 2. The molecule has 1 heterocycles. The Morgan fingerprint density at radius 1 is 1.13 bits per heavy atom. The van der Waals surface area contributed by atoms with E-state index in [1.807, 2.05) is 36.2 Å². The molecule has 0 bridgehead atoms. The molecule has 1 aliphatic rings. The van der Waals surface area contributed by atoms with Crippen molar-refractivity contribution in [1.29, 1.82) is 0 Å². The van der Waals surface area contributed by atoms with Crippen LogP contribution in [0.15, 0.2) is 53.0 Å². The minimum absolute atomic E-state index is 0.0256. The van der Waals surface area contributed by atoms with Crippen LogP contribution < -0.4 is 0 Å². The number of hydrogen-bond donors (Lipinski definition) is 0. The van der Waals surface area contributed by atoms with E-state index in [1.165, 1.54) is 12.1 Å². The molecule has 0 aliphatic carbocycles. The van der Waals surface area contributed by atoms with E-state index in [0.29, 0.717) is 18.7 Å². The van der Waals surface area contributed by atoms with E-state index >= 15 is 0 Å². The number of benzene rings is 2. The Hall–Kier alpha value is -1.72. The maximum absolute atomic E-state index is 13.1. The Labute approximate surface area is 143 Å². The van der Waals surface area contributed by atoms with Gasteiger partial charge in [-0.3, -0.25) is 9.69 Å². The number of halogens is 2. The lowest BCUT2D eigenvalue weighted by Crippen LogP contribution is -2.49. The first-order valence-electron chi connectivity index (χ1n) is 7.56. The van der Waals surface area contributed by atoms with Crippen LogP contribution in [0.1, 0.15) is 22.0 Å². The number of rotatable bonds is 2. The fourth-order valence-electron chi connectivity index (χ4n) is 2.91. The molecule has 1 unspecified atom stereocenters. The number of carbonyl (C=O) groups is 1. The number of amides is 1. The monoisotopic (exact) mass is 376 g/mol. The largest absolute Gasteiger partial charge is 0.335 e. The van der Waals surface area contributed by atoms with Gasteiger partial charge in [0.2, 0.25) is 0 Å². The molecule has 2 aromatic rings. The van der Waals surface area contributed by atoms with E-state index in [1.54, 1.807) is 12.1 Å². The van der Waals surface area contributed by atoms with Gasteiger partial charge in [0.1, 0.15) is 5.82 Å². The summed E-state index contributed by atoms with van der Waals surface area (Å²) >= 11 is 3.44. The van der Waals surface area contributed by atoms with E-state index in [9.17, 15) is 9.18 Å². The summed E-state index contributed by atoms with van der Waals surface area (Å²) in [5, 5.41) is 0. The van der Waals surface area contributed by atoms with E-state index < -0.39 is 0 Å². The molecule has 3 nitrogen and oxygen atoms in total. The van der Waals surface area contributed by atoms with E-state index in [-0.39, 0.29) is 17.8 Å². The van der Waals surface area contributed by atoms with Gasteiger partial charge in [0, 0.05) is 24.1 Å². The second-order valence-electron chi connectivity index (χ2n) is 5.78. The van der Waals surface area contributed by atoms with Crippen LogP contribution in [0.5, 0.6) is 0 Å². The summed E-state index contributed by atoms with van der Waals surface area (Å²) in [5.41, 5.74) is 1.70. The lowest BCUT2D eigenvalue weighted by molar-refractivity contribution is 0.0545. The van der Waals surface area contributed by atoms with Crippen molar-refractivity contribution in [2.24, 2.45) is 0 Å². The maximum Gasteiger partial charge on any atom is 0.255 e. The summed E-state index contributed by atoms with van der Waals surface area (Å²) in [5.74, 6) is -0.217. The van der Waals surface area contributed by atoms with Gasteiger partial charge in [-0.2, -0.15) is 0 Å². The summed E-state index contributed by atoms with van der Waals surface area (Å²) in [4.78, 5) is 16.9. The van der Waals surface area contributed by atoms with Crippen LogP contribution >= 0.6 is 15.9 Å². The molecule has 0 N–H and O–H groups in total. The molecular formula is C18H18BrFN2O. The molecule has 1 amide bonds. The molecule has 5 heteroatoms. The Morgan fingerprint density at radius 2 is 1.83 bits per heavy atom. The quantitative estimate of drug-likeness (QED) is 0.797. The Kier molecular flexibility index (Phi) is 4.78. The van der Waals surface area contributed by atoms with Crippen LogP contribution in [0.25, 0.3) is 0 Å². The van der Waals surface area contributed by atoms with Gasteiger partial charge in [0.05, 0.1) is 11.6 Å². The number of likely N-dealkylation sites (N-methyl/N-ethyl adjacent to an activating group) is 1. The smallest absolute Gasteiger partial charge is 0.255 e. The molecule has 0 aromatic heterocycles. The normalized spacial score (nSPS) is 18.9. The van der Waals surface area contributed by atoms with Gasteiger partial charge >= 0.3 is 0 Å². The molecule has 2 aromatic carbocycles. The molecule has 0 saturated carbocycles. The maximum atomic E-state index is 13.1. The van der Waals surface area contributed by atoms with E-state index in [0.717, 1.165) is 16.6 Å². The zero-order chi connectivity index (χ0) is 16.4. The van der Waals surface area contributed by atoms with Crippen molar-refractivity contribution in [2.75, 3.05) is 26.7 Å². The third-order valence-electron chi connectivity index (χ3n) is 4.29. The first-order valence-corrected chi connectivity index (χ1v) is 8.35. The molecule has 0 spiro atoms. The van der Waals surface area contributed by atoms with Gasteiger partial charge in [-0.15, -0.1) is 0 Å². The summed E-state index contributed by atoms with van der Waals surface area (Å²) in [6, 6.07) is 14.1. The number of nitrogens with zero attached hydrogens (tertiary/aromatic N) is 2. The molecule has 0 radical (unpaired) electrons. The van der Waals surface area contributed by atoms with Gasteiger partial charge in [-0.25, -0.2) is 4.39 Å². The average Bonchev–Trinajstić information content (AvgIpc) is 2.56. The topological polar surface area (TPSA) is 23.6 Å². The second kappa shape index (κ2) is 6.81. The van der Waals surface area contributed by atoms with Gasteiger partial charge in [-0.05, 0) is 52.8 Å². The molecule has 1 atom stereocenters. The highest BCUT2D eigenvalue weighted by atomic mass is 79.9. The van der Waals surface area contributed by atoms with Crippen LogP contribution in [0.3, 0.4) is 0 Å². The molecule has 3 rings (SSSR count). The van der Waals surface area contributed by atoms with Crippen molar-refractivity contribution in [3.8, 4) is 0 Å². The van der Waals surface area contributed by atoms with E-state index in [2.05, 4.69) is 20.8 Å². The number of piperazine rings is 1. The first-order chi connectivity index (χ1) is 11.1. The highest BCUT2D eigenvalue weighted by Gasteiger charge is 2.29. The Bertz CT molecular complexity index is 704. The third kappa shape index (κ3) is 3.46. The van der Waals surface area contributed by atoms with E-state index in [4.69, 9.17) is 0 Å². The summed E-state index contributed by atoms with van der Waals surface area (Å²) in [6.07, 6.45) is 0. The standard InChI is InChI=1S/C18H18BrFN2O/c1-21-10-11-22(18(23)15-4-2-3-5-16(15)19)12-17(21)13-6-8-14(20)9-7-13/h2-9,17H,10-12H2,1H3. The average molecular weight is 377 g/mol. The zero-order valence-corrected chi connectivity index (χ0v) is 14.5. The Balaban J connectivity index is 1.81. The van der Waals surface area contributed by atoms with Crippen molar-refractivity contribution < 1.29 is 9.18 Å². The molecule has 1 fully saturated rings. The summed E-state index contributed by atoms with van der Waals surface area (Å²) in [6.45, 7) is 2.08. The lowest BCUT2D eigenvalue weighted by Gasteiger charge is -2.39. The van der Waals surface area contributed by atoms with Gasteiger partial charge < -0.3 is 4.90 Å². The second-order valence-corrected chi connectivity index (χ2v) is 6.63. The predicted octanol–water partition coefficient (Wildman–Crippen LogP) is 3.72. The Morgan fingerprint density at radius 3 is 2.52 bits per heavy atom. The van der Waals surface area contributed by atoms with Crippen molar-refractivity contribution in [1.82, 2.24) is 9.80 Å². The number of carbonyl (C=O) groups excluding carboxylic acids is 1. The van der Waals surface area contributed by atoms with Crippen LogP contribution in [0, 0.1) is 5.82 Å². The van der Waals surface area contributed by atoms with Crippen LogP contribution in [0.4, 0.5) is 4.39 Å². The van der Waals surface area contributed by atoms with Gasteiger partial charge in [-0.1, -0.05) is 24.3 Å². The van der Waals surface area contributed by atoms with Crippen molar-refractivity contribution in [2.45, 2.75) is 6.04 Å². The highest BCUT2D eigenvalue weighted by molar-refractivity contribution is 9.10. The van der Waals surface area contributed by atoms with Gasteiger partial charge in [0.25, 0.3) is 5.91 Å². The van der Waals surface area contributed by atoms with Crippen LogP contribution in [0.2, 0.25) is 0 Å². The lowest BCUT2D eigenvalue weighted by atomic mass is 10.0.